The molecule has 0 aromatic rings. The van der Waals surface area contributed by atoms with Crippen molar-refractivity contribution >= 4 is 5.97 Å². The molecule has 2 nitrogen and oxygen atoms in total. The van der Waals surface area contributed by atoms with Crippen LogP contribution in [0.4, 0.5) is 0 Å². The van der Waals surface area contributed by atoms with Gasteiger partial charge in [-0.1, -0.05) is 34.6 Å². The van der Waals surface area contributed by atoms with Crippen LogP contribution in [0.15, 0.2) is 0 Å². The van der Waals surface area contributed by atoms with E-state index in [1.54, 1.807) is 0 Å². The third-order valence-electron chi connectivity index (χ3n) is 7.71. The van der Waals surface area contributed by atoms with Crippen LogP contribution in [-0.2, 0) is 9.53 Å². The lowest BCUT2D eigenvalue weighted by Gasteiger charge is -2.46. The van der Waals surface area contributed by atoms with Crippen LogP contribution in [0.1, 0.15) is 81.1 Å². The Bertz CT molecular complexity index is 437. The number of hydrogen-bond acceptors (Lipinski definition) is 2. The highest BCUT2D eigenvalue weighted by molar-refractivity contribution is 5.76. The van der Waals surface area contributed by atoms with E-state index < -0.39 is 0 Å². The zero-order valence-electron chi connectivity index (χ0n) is 14.6. The van der Waals surface area contributed by atoms with E-state index in [2.05, 4.69) is 41.5 Å². The molecule has 116 valence electrons. The fourth-order valence-corrected chi connectivity index (χ4v) is 4.63. The summed E-state index contributed by atoms with van der Waals surface area (Å²) in [7, 11) is 0. The Morgan fingerprint density at radius 1 is 1.10 bits per heavy atom. The molecule has 0 saturated heterocycles. The van der Waals surface area contributed by atoms with Crippen molar-refractivity contribution in [2.75, 3.05) is 0 Å². The van der Waals surface area contributed by atoms with Gasteiger partial charge in [-0.2, -0.15) is 0 Å². The van der Waals surface area contributed by atoms with Crippen LogP contribution < -0.4 is 0 Å². The molecule has 2 heteroatoms. The monoisotopic (exact) mass is 280 g/mol. The highest BCUT2D eigenvalue weighted by atomic mass is 16.6. The molecular weight excluding hydrogens is 248 g/mol. The van der Waals surface area contributed by atoms with E-state index in [0.717, 1.165) is 19.3 Å². The SMILES string of the molecule is CCC(C)(C)C(=O)OC1(C)CC2(C)CCC1(C)C2(C)C. The number of fused-ring (bicyclic) bond motifs is 2. The zero-order valence-corrected chi connectivity index (χ0v) is 14.6. The highest BCUT2D eigenvalue weighted by Crippen LogP contribution is 2.76. The standard InChI is InChI=1S/C18H32O2/c1-9-14(2,3)13(19)20-18(8)12-16(6)10-11-17(18,7)15(16,4)5/h9-12H2,1-8H3. The Kier molecular flexibility index (Phi) is 3.18. The summed E-state index contributed by atoms with van der Waals surface area (Å²) < 4.78 is 6.15. The third-order valence-corrected chi connectivity index (χ3v) is 7.71. The molecular formula is C18H32O2. The molecule has 0 spiro atoms. The second kappa shape index (κ2) is 4.01. The summed E-state index contributed by atoms with van der Waals surface area (Å²) in [6.45, 7) is 17.6. The molecule has 0 amide bonds. The summed E-state index contributed by atoms with van der Waals surface area (Å²) in [6, 6.07) is 0. The molecule has 2 rings (SSSR count). The summed E-state index contributed by atoms with van der Waals surface area (Å²) in [5, 5.41) is 0. The number of ether oxygens (including phenoxy) is 1. The number of carbonyl (C=O) groups is 1. The lowest BCUT2D eigenvalue weighted by Crippen LogP contribution is -2.49. The van der Waals surface area contributed by atoms with Crippen LogP contribution in [0, 0.1) is 21.7 Å². The maximum atomic E-state index is 12.6. The minimum atomic E-state index is -0.383. The molecule has 0 heterocycles. The molecule has 2 aliphatic carbocycles. The number of esters is 1. The lowest BCUT2D eigenvalue weighted by molar-refractivity contribution is -0.185. The van der Waals surface area contributed by atoms with Crippen molar-refractivity contribution in [1.82, 2.24) is 0 Å². The van der Waals surface area contributed by atoms with E-state index in [-0.39, 0.29) is 33.2 Å². The zero-order chi connectivity index (χ0) is 15.6. The van der Waals surface area contributed by atoms with E-state index in [4.69, 9.17) is 4.74 Å². The van der Waals surface area contributed by atoms with E-state index in [0.29, 0.717) is 0 Å². The van der Waals surface area contributed by atoms with Gasteiger partial charge in [0.15, 0.2) is 0 Å². The van der Waals surface area contributed by atoms with Crippen LogP contribution in [0.2, 0.25) is 0 Å². The van der Waals surface area contributed by atoms with E-state index in [1.165, 1.54) is 6.42 Å². The molecule has 2 bridgehead atoms. The second-order valence-corrected chi connectivity index (χ2v) is 9.05. The van der Waals surface area contributed by atoms with Crippen molar-refractivity contribution in [1.29, 1.82) is 0 Å². The first-order chi connectivity index (χ1) is 8.85. The number of rotatable bonds is 3. The molecule has 3 unspecified atom stereocenters. The highest BCUT2D eigenvalue weighted by Gasteiger charge is 2.73. The second-order valence-electron chi connectivity index (χ2n) is 9.05. The van der Waals surface area contributed by atoms with Crippen molar-refractivity contribution in [2.24, 2.45) is 21.7 Å². The van der Waals surface area contributed by atoms with Crippen molar-refractivity contribution in [2.45, 2.75) is 86.7 Å². The third kappa shape index (κ3) is 1.66. The van der Waals surface area contributed by atoms with Gasteiger partial charge in [-0.25, -0.2) is 0 Å². The molecule has 0 N–H and O–H groups in total. The van der Waals surface area contributed by atoms with E-state index in [9.17, 15) is 4.79 Å². The van der Waals surface area contributed by atoms with Crippen molar-refractivity contribution in [3.8, 4) is 0 Å². The van der Waals surface area contributed by atoms with Gasteiger partial charge in [0.1, 0.15) is 5.60 Å². The first kappa shape index (κ1) is 15.9. The quantitative estimate of drug-likeness (QED) is 0.683. The first-order valence-corrected chi connectivity index (χ1v) is 8.09. The van der Waals surface area contributed by atoms with Gasteiger partial charge in [0.05, 0.1) is 5.41 Å². The molecule has 2 saturated carbocycles. The fraction of sp³-hybridized carbons (Fsp3) is 0.944. The van der Waals surface area contributed by atoms with Crippen molar-refractivity contribution in [3.05, 3.63) is 0 Å². The largest absolute Gasteiger partial charge is 0.458 e. The Balaban J connectivity index is 2.33. The number of hydrogen-bond donors (Lipinski definition) is 0. The van der Waals surface area contributed by atoms with E-state index >= 15 is 0 Å². The smallest absolute Gasteiger partial charge is 0.312 e. The van der Waals surface area contributed by atoms with Gasteiger partial charge in [0, 0.05) is 5.41 Å². The first-order valence-electron chi connectivity index (χ1n) is 8.09. The Labute approximate surface area is 124 Å². The molecule has 0 aromatic carbocycles. The van der Waals surface area contributed by atoms with Crippen LogP contribution in [0.25, 0.3) is 0 Å². The summed E-state index contributed by atoms with van der Waals surface area (Å²) in [5.74, 6) is -0.0318. The Hall–Kier alpha value is -0.530. The summed E-state index contributed by atoms with van der Waals surface area (Å²) in [5.41, 5.74) is -0.133. The maximum Gasteiger partial charge on any atom is 0.312 e. The van der Waals surface area contributed by atoms with Crippen LogP contribution in [-0.4, -0.2) is 11.6 Å². The normalized spacial score (nSPS) is 42.8. The number of carbonyl (C=O) groups excluding carboxylic acids is 1. The van der Waals surface area contributed by atoms with Crippen LogP contribution >= 0.6 is 0 Å². The predicted octanol–water partition coefficient (Wildman–Crippen LogP) is 4.96. The average molecular weight is 280 g/mol. The van der Waals surface area contributed by atoms with E-state index in [1.807, 2.05) is 13.8 Å². The molecule has 20 heavy (non-hydrogen) atoms. The van der Waals surface area contributed by atoms with Crippen LogP contribution in [0.3, 0.4) is 0 Å². The molecule has 0 radical (unpaired) electrons. The van der Waals surface area contributed by atoms with Gasteiger partial charge in [-0.3, -0.25) is 4.79 Å². The maximum absolute atomic E-state index is 12.6. The van der Waals surface area contributed by atoms with Crippen molar-refractivity contribution in [3.63, 3.8) is 0 Å². The molecule has 2 fully saturated rings. The summed E-state index contributed by atoms with van der Waals surface area (Å²) in [4.78, 5) is 12.6. The Morgan fingerprint density at radius 3 is 2.00 bits per heavy atom. The Morgan fingerprint density at radius 2 is 1.65 bits per heavy atom. The molecule has 2 aliphatic rings. The van der Waals surface area contributed by atoms with Gasteiger partial charge < -0.3 is 4.74 Å². The summed E-state index contributed by atoms with van der Waals surface area (Å²) >= 11 is 0. The minimum absolute atomic E-state index is 0.0318. The minimum Gasteiger partial charge on any atom is -0.458 e. The topological polar surface area (TPSA) is 26.3 Å². The molecule has 3 atom stereocenters. The fourth-order valence-electron chi connectivity index (χ4n) is 4.63. The van der Waals surface area contributed by atoms with Crippen molar-refractivity contribution < 1.29 is 9.53 Å². The van der Waals surface area contributed by atoms with Gasteiger partial charge in [-0.05, 0) is 57.3 Å². The summed E-state index contributed by atoms with van der Waals surface area (Å²) in [6.07, 6.45) is 4.22. The van der Waals surface area contributed by atoms with Crippen LogP contribution in [0.5, 0.6) is 0 Å². The van der Waals surface area contributed by atoms with Gasteiger partial charge in [-0.15, -0.1) is 0 Å². The lowest BCUT2D eigenvalue weighted by atomic mass is 9.63. The molecule has 0 aliphatic heterocycles. The molecule has 0 aromatic heterocycles. The predicted molar refractivity (Wildman–Crippen MR) is 82.4 cm³/mol. The van der Waals surface area contributed by atoms with Gasteiger partial charge >= 0.3 is 5.97 Å². The van der Waals surface area contributed by atoms with Gasteiger partial charge in [0.2, 0.25) is 0 Å². The average Bonchev–Trinajstić information content (AvgIpc) is 2.56. The van der Waals surface area contributed by atoms with Gasteiger partial charge in [0.25, 0.3) is 0 Å².